The summed E-state index contributed by atoms with van der Waals surface area (Å²) in [5, 5.41) is 0. The van der Waals surface area contributed by atoms with Gasteiger partial charge < -0.3 is 4.98 Å². The molecule has 0 amide bonds. The van der Waals surface area contributed by atoms with Crippen molar-refractivity contribution >= 4 is 0 Å². The molecule has 1 N–H and O–H groups in total. The van der Waals surface area contributed by atoms with Gasteiger partial charge in [0.25, 0.3) is 5.56 Å². The third-order valence-electron chi connectivity index (χ3n) is 3.14. The summed E-state index contributed by atoms with van der Waals surface area (Å²) in [5.41, 5.74) is 1.57. The molecule has 0 aliphatic heterocycles. The molecule has 2 rings (SSSR count). The fourth-order valence-corrected chi connectivity index (χ4v) is 2.08. The third kappa shape index (κ3) is 4.85. The Labute approximate surface area is 134 Å². The summed E-state index contributed by atoms with van der Waals surface area (Å²) in [5.74, 6) is -0.0246. The molecule has 2 aromatic heterocycles. The van der Waals surface area contributed by atoms with Crippen LogP contribution in [0.25, 0.3) is 11.5 Å². The fourth-order valence-electron chi connectivity index (χ4n) is 2.08. The highest BCUT2D eigenvalue weighted by atomic mass is 19.1. The Morgan fingerprint density at radius 2 is 2.22 bits per heavy atom. The first-order valence-electron chi connectivity index (χ1n) is 7.23. The van der Waals surface area contributed by atoms with Crippen LogP contribution in [0, 0.1) is 0 Å². The van der Waals surface area contributed by atoms with Crippen LogP contribution in [0.15, 0.2) is 71.6 Å². The van der Waals surface area contributed by atoms with E-state index in [4.69, 9.17) is 0 Å². The molecular formula is C18H18FN3O. The van der Waals surface area contributed by atoms with Gasteiger partial charge in [-0.05, 0) is 19.1 Å². The van der Waals surface area contributed by atoms with Gasteiger partial charge in [-0.15, -0.1) is 0 Å². The Kier molecular flexibility index (Phi) is 5.74. The Morgan fingerprint density at radius 1 is 1.39 bits per heavy atom. The van der Waals surface area contributed by atoms with E-state index in [1.807, 2.05) is 25.1 Å². The number of allylic oxidation sites excluding steroid dienone is 5. The second-order valence-electron chi connectivity index (χ2n) is 5.02. The van der Waals surface area contributed by atoms with Crippen LogP contribution in [0.2, 0.25) is 0 Å². The molecular weight excluding hydrogens is 293 g/mol. The lowest BCUT2D eigenvalue weighted by Crippen LogP contribution is -2.15. The quantitative estimate of drug-likeness (QED) is 0.827. The molecule has 23 heavy (non-hydrogen) atoms. The summed E-state index contributed by atoms with van der Waals surface area (Å²) >= 11 is 0. The molecule has 0 bridgehead atoms. The molecule has 5 heteroatoms. The van der Waals surface area contributed by atoms with Gasteiger partial charge in [-0.3, -0.25) is 9.78 Å². The summed E-state index contributed by atoms with van der Waals surface area (Å²) in [6, 6.07) is 5.38. The normalized spacial score (nSPS) is 11.8. The molecule has 0 radical (unpaired) electrons. The molecule has 0 saturated carbocycles. The van der Waals surface area contributed by atoms with Crippen molar-refractivity contribution in [2.75, 3.05) is 0 Å². The van der Waals surface area contributed by atoms with E-state index < -0.39 is 5.83 Å². The Hall–Kier alpha value is -2.82. The molecule has 2 aromatic rings. The van der Waals surface area contributed by atoms with Crippen LogP contribution < -0.4 is 5.56 Å². The summed E-state index contributed by atoms with van der Waals surface area (Å²) in [6.07, 6.45) is 9.00. The Bertz CT molecular complexity index is 791. The third-order valence-corrected chi connectivity index (χ3v) is 3.14. The number of nitrogens with zero attached hydrogens (tertiary/aromatic N) is 2. The maximum atomic E-state index is 13.1. The highest BCUT2D eigenvalue weighted by Crippen LogP contribution is 2.15. The molecule has 2 heterocycles. The standard InChI is InChI=1S/C18H18FN3O/c1-3-4-7-14(10-13(2)19)11-15-12-21-17(22-18(15)23)16-8-5-6-9-20-16/h3-9,12H,2,10-11H2,1H3,(H,21,22,23)/b4-3-,14-7+. The van der Waals surface area contributed by atoms with Crippen LogP contribution in [-0.2, 0) is 6.42 Å². The molecule has 118 valence electrons. The van der Waals surface area contributed by atoms with E-state index in [0.717, 1.165) is 5.57 Å². The van der Waals surface area contributed by atoms with Crippen LogP contribution in [0.5, 0.6) is 0 Å². The molecule has 0 fully saturated rings. The minimum Gasteiger partial charge on any atom is -0.305 e. The first kappa shape index (κ1) is 16.5. The SMILES string of the molecule is C=C(F)C/C(=C\C=C/C)Cc1cnc(-c2ccccn2)[nH]c1=O. The van der Waals surface area contributed by atoms with Crippen LogP contribution in [-0.4, -0.2) is 15.0 Å². The van der Waals surface area contributed by atoms with E-state index in [-0.39, 0.29) is 12.0 Å². The maximum absolute atomic E-state index is 13.1. The van der Waals surface area contributed by atoms with Crippen molar-refractivity contribution in [1.29, 1.82) is 0 Å². The number of rotatable bonds is 6. The summed E-state index contributed by atoms with van der Waals surface area (Å²) in [7, 11) is 0. The minimum atomic E-state index is -0.435. The van der Waals surface area contributed by atoms with Gasteiger partial charge in [-0.1, -0.05) is 36.4 Å². The van der Waals surface area contributed by atoms with Crippen molar-refractivity contribution in [2.45, 2.75) is 19.8 Å². The number of aromatic nitrogens is 3. The van der Waals surface area contributed by atoms with Crippen LogP contribution in [0.3, 0.4) is 0 Å². The lowest BCUT2D eigenvalue weighted by atomic mass is 10.0. The Morgan fingerprint density at radius 3 is 2.83 bits per heavy atom. The monoisotopic (exact) mass is 311 g/mol. The zero-order valence-electron chi connectivity index (χ0n) is 12.9. The van der Waals surface area contributed by atoms with Crippen molar-refractivity contribution in [3.8, 4) is 11.5 Å². The summed E-state index contributed by atoms with van der Waals surface area (Å²) < 4.78 is 13.1. The smallest absolute Gasteiger partial charge is 0.254 e. The molecule has 0 spiro atoms. The van der Waals surface area contributed by atoms with Gasteiger partial charge in [0.05, 0.1) is 5.83 Å². The average molecular weight is 311 g/mol. The lowest BCUT2D eigenvalue weighted by Gasteiger charge is -2.06. The van der Waals surface area contributed by atoms with Crippen LogP contribution >= 0.6 is 0 Å². The number of hydrogen-bond acceptors (Lipinski definition) is 3. The van der Waals surface area contributed by atoms with E-state index in [1.54, 1.807) is 24.4 Å². The summed E-state index contributed by atoms with van der Waals surface area (Å²) in [4.78, 5) is 23.3. The molecule has 0 atom stereocenters. The summed E-state index contributed by atoms with van der Waals surface area (Å²) in [6.45, 7) is 5.15. The van der Waals surface area contributed by atoms with Crippen LogP contribution in [0.1, 0.15) is 18.9 Å². The predicted octanol–water partition coefficient (Wildman–Crippen LogP) is 3.75. The van der Waals surface area contributed by atoms with E-state index >= 15 is 0 Å². The molecule has 4 nitrogen and oxygen atoms in total. The number of nitrogens with one attached hydrogen (secondary N) is 1. The maximum Gasteiger partial charge on any atom is 0.254 e. The highest BCUT2D eigenvalue weighted by molar-refractivity contribution is 5.47. The Balaban J connectivity index is 2.26. The average Bonchev–Trinajstić information content (AvgIpc) is 2.54. The molecule has 0 aliphatic rings. The predicted molar refractivity (Wildman–Crippen MR) is 89.6 cm³/mol. The first-order chi connectivity index (χ1) is 11.1. The van der Waals surface area contributed by atoms with E-state index in [9.17, 15) is 9.18 Å². The van der Waals surface area contributed by atoms with Gasteiger partial charge in [0.15, 0.2) is 5.82 Å². The molecule has 0 unspecified atom stereocenters. The second-order valence-corrected chi connectivity index (χ2v) is 5.02. The number of halogens is 1. The van der Waals surface area contributed by atoms with Gasteiger partial charge in [-0.2, -0.15) is 0 Å². The van der Waals surface area contributed by atoms with Crippen molar-refractivity contribution in [1.82, 2.24) is 15.0 Å². The lowest BCUT2D eigenvalue weighted by molar-refractivity contribution is 0.612. The van der Waals surface area contributed by atoms with Crippen molar-refractivity contribution in [3.05, 3.63) is 82.7 Å². The van der Waals surface area contributed by atoms with E-state index in [0.29, 0.717) is 23.5 Å². The topological polar surface area (TPSA) is 58.6 Å². The first-order valence-corrected chi connectivity index (χ1v) is 7.23. The van der Waals surface area contributed by atoms with E-state index in [2.05, 4.69) is 21.5 Å². The van der Waals surface area contributed by atoms with Crippen molar-refractivity contribution in [2.24, 2.45) is 0 Å². The van der Waals surface area contributed by atoms with Gasteiger partial charge in [0, 0.05) is 30.8 Å². The molecule has 0 aromatic carbocycles. The largest absolute Gasteiger partial charge is 0.305 e. The minimum absolute atomic E-state index is 0.103. The van der Waals surface area contributed by atoms with Gasteiger partial charge >= 0.3 is 0 Å². The molecule has 0 aliphatic carbocycles. The van der Waals surface area contributed by atoms with Gasteiger partial charge in [0.2, 0.25) is 0 Å². The van der Waals surface area contributed by atoms with Gasteiger partial charge in [-0.25, -0.2) is 9.37 Å². The highest BCUT2D eigenvalue weighted by Gasteiger charge is 2.08. The number of pyridine rings is 1. The number of H-pyrrole nitrogens is 1. The second kappa shape index (κ2) is 7.98. The zero-order valence-corrected chi connectivity index (χ0v) is 12.9. The van der Waals surface area contributed by atoms with Crippen LogP contribution in [0.4, 0.5) is 4.39 Å². The fraction of sp³-hybridized carbons (Fsp3) is 0.167. The number of aromatic amines is 1. The van der Waals surface area contributed by atoms with Gasteiger partial charge in [0.1, 0.15) is 5.69 Å². The number of hydrogen-bond donors (Lipinski definition) is 1. The van der Waals surface area contributed by atoms with Crippen molar-refractivity contribution in [3.63, 3.8) is 0 Å². The van der Waals surface area contributed by atoms with Crippen molar-refractivity contribution < 1.29 is 4.39 Å². The zero-order chi connectivity index (χ0) is 16.7. The van der Waals surface area contributed by atoms with E-state index in [1.165, 1.54) is 6.20 Å². The molecule has 0 saturated heterocycles.